The summed E-state index contributed by atoms with van der Waals surface area (Å²) >= 11 is 0. The summed E-state index contributed by atoms with van der Waals surface area (Å²) in [5.41, 5.74) is 3.18. The fourth-order valence-corrected chi connectivity index (χ4v) is 1.13. The predicted octanol–water partition coefficient (Wildman–Crippen LogP) is 2.49. The Labute approximate surface area is 78.1 Å². The van der Waals surface area contributed by atoms with Gasteiger partial charge in [-0.1, -0.05) is 13.1 Å². The first-order valence-electron chi connectivity index (χ1n) is 4.35. The molecule has 1 radical (unpaired) electrons. The molecule has 0 aromatic rings. The van der Waals surface area contributed by atoms with Gasteiger partial charge in [-0.15, -0.1) is 11.5 Å². The molecule has 0 aliphatic rings. The molecule has 0 amide bonds. The Morgan fingerprint density at radius 1 is 1.25 bits per heavy atom. The third kappa shape index (κ3) is 9.74. The molecule has 0 aliphatic carbocycles. The minimum Gasteiger partial charge on any atom is -0.375 e. The molecule has 0 bridgehead atoms. The van der Waals surface area contributed by atoms with Gasteiger partial charge in [-0.3, -0.25) is 0 Å². The van der Waals surface area contributed by atoms with Gasteiger partial charge in [0.25, 0.3) is 0 Å². The number of hydrogen-bond donors (Lipinski definition) is 0. The van der Waals surface area contributed by atoms with E-state index in [1.54, 1.807) is 0 Å². The van der Waals surface area contributed by atoms with Crippen LogP contribution in [0.5, 0.6) is 0 Å². The molecule has 12 heavy (non-hydrogen) atoms. The van der Waals surface area contributed by atoms with E-state index in [9.17, 15) is 0 Å². The predicted molar refractivity (Wildman–Crippen MR) is 55.6 cm³/mol. The average Bonchev–Trinajstić information content (AvgIpc) is 1.83. The molecule has 0 aliphatic heterocycles. The summed E-state index contributed by atoms with van der Waals surface area (Å²) in [6, 6.07) is 0. The zero-order chi connectivity index (χ0) is 9.61. The molecule has 0 N–H and O–H groups in total. The molecule has 0 aromatic heterocycles. The van der Waals surface area contributed by atoms with Crippen molar-refractivity contribution in [3.63, 3.8) is 0 Å². The van der Waals surface area contributed by atoms with Crippen molar-refractivity contribution in [2.75, 3.05) is 6.61 Å². The van der Waals surface area contributed by atoms with Gasteiger partial charge < -0.3 is 4.74 Å². The van der Waals surface area contributed by atoms with Gasteiger partial charge in [0, 0.05) is 6.42 Å². The SMILES string of the molecule is C[Si](C)C#CCCOC(C)(C)C. The monoisotopic (exact) mass is 183 g/mol. The first-order chi connectivity index (χ1) is 5.42. The zero-order valence-electron chi connectivity index (χ0n) is 8.82. The lowest BCUT2D eigenvalue weighted by Crippen LogP contribution is -2.19. The topological polar surface area (TPSA) is 9.23 Å². The van der Waals surface area contributed by atoms with Gasteiger partial charge in [-0.2, -0.15) is 0 Å². The number of ether oxygens (including phenoxy) is 1. The molecule has 69 valence electrons. The Morgan fingerprint density at radius 2 is 1.83 bits per heavy atom. The van der Waals surface area contributed by atoms with E-state index in [0.717, 1.165) is 13.0 Å². The molecule has 2 heteroatoms. The van der Waals surface area contributed by atoms with Crippen LogP contribution in [-0.4, -0.2) is 21.0 Å². The standard InChI is InChI=1S/C10H19OSi/c1-10(2,3)11-8-6-7-9-12(4)5/h6,8H2,1-5H3. The van der Waals surface area contributed by atoms with Gasteiger partial charge in [0.2, 0.25) is 0 Å². The van der Waals surface area contributed by atoms with E-state index in [4.69, 9.17) is 4.74 Å². The second-order valence-electron chi connectivity index (χ2n) is 4.01. The lowest BCUT2D eigenvalue weighted by molar-refractivity contribution is 0.000606. The third-order valence-electron chi connectivity index (χ3n) is 1.10. The van der Waals surface area contributed by atoms with Gasteiger partial charge in [-0.25, -0.2) is 0 Å². The van der Waals surface area contributed by atoms with Gasteiger partial charge in [0.15, 0.2) is 0 Å². The number of hydrogen-bond acceptors (Lipinski definition) is 1. The molecule has 0 atom stereocenters. The van der Waals surface area contributed by atoms with E-state index in [1.165, 1.54) is 0 Å². The summed E-state index contributed by atoms with van der Waals surface area (Å²) < 4.78 is 5.52. The molecule has 1 nitrogen and oxygen atoms in total. The summed E-state index contributed by atoms with van der Waals surface area (Å²) in [6.45, 7) is 11.3. The Balaban J connectivity index is 3.42. The third-order valence-corrected chi connectivity index (χ3v) is 1.78. The summed E-state index contributed by atoms with van der Waals surface area (Å²) in [5.74, 6) is 3.13. The molecule has 0 spiro atoms. The van der Waals surface area contributed by atoms with Crippen LogP contribution in [0.2, 0.25) is 13.1 Å². The van der Waals surface area contributed by atoms with E-state index in [1.807, 2.05) is 0 Å². The highest BCUT2D eigenvalue weighted by Crippen LogP contribution is 2.06. The molecular weight excluding hydrogens is 164 g/mol. The lowest BCUT2D eigenvalue weighted by Gasteiger charge is -2.18. The molecule has 0 rings (SSSR count). The van der Waals surface area contributed by atoms with Crippen LogP contribution in [0.3, 0.4) is 0 Å². The van der Waals surface area contributed by atoms with Crippen LogP contribution >= 0.6 is 0 Å². The van der Waals surface area contributed by atoms with Crippen LogP contribution in [0.15, 0.2) is 0 Å². The zero-order valence-corrected chi connectivity index (χ0v) is 9.82. The second-order valence-corrected chi connectivity index (χ2v) is 6.26. The Kier molecular flexibility index (Phi) is 5.28. The maximum Gasteiger partial charge on any atom is 0.138 e. The summed E-state index contributed by atoms with van der Waals surface area (Å²) in [4.78, 5) is 0. The van der Waals surface area contributed by atoms with E-state index in [-0.39, 0.29) is 14.4 Å². The maximum absolute atomic E-state index is 5.52. The second kappa shape index (κ2) is 5.39. The van der Waals surface area contributed by atoms with Crippen molar-refractivity contribution in [3.8, 4) is 11.5 Å². The highest BCUT2D eigenvalue weighted by atomic mass is 28.3. The van der Waals surface area contributed by atoms with Crippen molar-refractivity contribution in [1.82, 2.24) is 0 Å². The van der Waals surface area contributed by atoms with Crippen molar-refractivity contribution in [2.24, 2.45) is 0 Å². The first kappa shape index (κ1) is 11.7. The van der Waals surface area contributed by atoms with Crippen LogP contribution in [0.1, 0.15) is 27.2 Å². The first-order valence-corrected chi connectivity index (χ1v) is 6.85. The molecular formula is C10H19OSi. The largest absolute Gasteiger partial charge is 0.375 e. The van der Waals surface area contributed by atoms with E-state index >= 15 is 0 Å². The molecule has 0 unspecified atom stereocenters. The van der Waals surface area contributed by atoms with Crippen molar-refractivity contribution in [2.45, 2.75) is 45.9 Å². The van der Waals surface area contributed by atoms with Crippen molar-refractivity contribution >= 4 is 8.80 Å². The van der Waals surface area contributed by atoms with Crippen LogP contribution < -0.4 is 0 Å². The highest BCUT2D eigenvalue weighted by molar-refractivity contribution is 6.64. The average molecular weight is 183 g/mol. The van der Waals surface area contributed by atoms with Gasteiger partial charge >= 0.3 is 0 Å². The van der Waals surface area contributed by atoms with E-state index < -0.39 is 0 Å². The normalized spacial score (nSPS) is 11.2. The minimum atomic E-state index is -0.367. The van der Waals surface area contributed by atoms with Gasteiger partial charge in [0.05, 0.1) is 12.2 Å². The highest BCUT2D eigenvalue weighted by Gasteiger charge is 2.07. The van der Waals surface area contributed by atoms with E-state index in [0.29, 0.717) is 0 Å². The minimum absolute atomic E-state index is 0.0199. The lowest BCUT2D eigenvalue weighted by atomic mass is 10.2. The Hall–Kier alpha value is -0.263. The van der Waals surface area contributed by atoms with Crippen LogP contribution in [0.4, 0.5) is 0 Å². The molecule has 0 fully saturated rings. The number of rotatable bonds is 2. The van der Waals surface area contributed by atoms with Gasteiger partial charge in [-0.05, 0) is 20.8 Å². The van der Waals surface area contributed by atoms with Crippen LogP contribution in [-0.2, 0) is 4.74 Å². The fraction of sp³-hybridized carbons (Fsp3) is 0.800. The van der Waals surface area contributed by atoms with Gasteiger partial charge in [0.1, 0.15) is 8.80 Å². The quantitative estimate of drug-likeness (QED) is 0.363. The molecule has 0 saturated heterocycles. The Morgan fingerprint density at radius 3 is 2.25 bits per heavy atom. The molecule has 0 heterocycles. The van der Waals surface area contributed by atoms with Crippen molar-refractivity contribution < 1.29 is 4.74 Å². The molecule has 0 saturated carbocycles. The maximum atomic E-state index is 5.52. The van der Waals surface area contributed by atoms with Crippen LogP contribution in [0, 0.1) is 11.5 Å². The van der Waals surface area contributed by atoms with Crippen molar-refractivity contribution in [3.05, 3.63) is 0 Å². The fourth-order valence-electron chi connectivity index (χ4n) is 0.648. The van der Waals surface area contributed by atoms with E-state index in [2.05, 4.69) is 45.3 Å². The van der Waals surface area contributed by atoms with Crippen LogP contribution in [0.25, 0.3) is 0 Å². The Bertz CT molecular complexity index is 169. The molecule has 0 aromatic carbocycles. The summed E-state index contributed by atoms with van der Waals surface area (Å²) in [5, 5.41) is 0. The van der Waals surface area contributed by atoms with Crippen molar-refractivity contribution in [1.29, 1.82) is 0 Å². The summed E-state index contributed by atoms with van der Waals surface area (Å²) in [6.07, 6.45) is 0.868. The summed E-state index contributed by atoms with van der Waals surface area (Å²) in [7, 11) is -0.367. The smallest absolute Gasteiger partial charge is 0.138 e.